The van der Waals surface area contributed by atoms with Gasteiger partial charge in [-0.1, -0.05) is 54.6 Å². The molecule has 3 aromatic carbocycles. The molecule has 5 heteroatoms. The zero-order chi connectivity index (χ0) is 20.5. The number of nitrogens with one attached hydrogen (secondary N) is 2. The number of imidazole rings is 1. The maximum Gasteiger partial charge on any atom is 0.253 e. The Bertz CT molecular complexity index is 1210. The summed E-state index contributed by atoms with van der Waals surface area (Å²) in [6.45, 7) is 2.55. The zero-order valence-corrected chi connectivity index (χ0v) is 16.7. The molecule has 1 aliphatic rings. The molecule has 1 amide bonds. The van der Waals surface area contributed by atoms with Crippen molar-refractivity contribution in [3.63, 3.8) is 0 Å². The normalized spacial score (nSPS) is 16.2. The van der Waals surface area contributed by atoms with Crippen molar-refractivity contribution in [3.8, 4) is 0 Å². The second-order valence-corrected chi connectivity index (χ2v) is 7.51. The van der Waals surface area contributed by atoms with Crippen LogP contribution < -0.4 is 10.2 Å². The molecule has 0 saturated heterocycles. The Balaban J connectivity index is 1.46. The van der Waals surface area contributed by atoms with Gasteiger partial charge in [0.2, 0.25) is 0 Å². The fourth-order valence-corrected chi connectivity index (χ4v) is 3.99. The molecule has 0 aliphatic carbocycles. The Labute approximate surface area is 175 Å². The summed E-state index contributed by atoms with van der Waals surface area (Å²) in [5.74, 6) is 0.812. The van der Waals surface area contributed by atoms with Crippen LogP contribution in [0.3, 0.4) is 0 Å². The van der Waals surface area contributed by atoms with Crippen LogP contribution in [0.25, 0.3) is 11.0 Å². The number of para-hydroxylation sites is 2. The number of carbonyl (C=O) groups is 1. The Hall–Kier alpha value is -3.86. The van der Waals surface area contributed by atoms with Crippen LogP contribution in [0.2, 0.25) is 0 Å². The summed E-state index contributed by atoms with van der Waals surface area (Å²) in [6.07, 6.45) is 1.70. The topological polar surface area (TPSA) is 61.0 Å². The number of nitrogens with zero attached hydrogens (tertiary/aromatic N) is 2. The number of hydrogen-bond acceptors (Lipinski definition) is 3. The third-order valence-corrected chi connectivity index (χ3v) is 5.36. The molecule has 5 nitrogen and oxygen atoms in total. The highest BCUT2D eigenvalue weighted by Gasteiger charge is 2.35. The summed E-state index contributed by atoms with van der Waals surface area (Å²) >= 11 is 0. The summed E-state index contributed by atoms with van der Waals surface area (Å²) in [4.78, 5) is 22.8. The number of anilines is 1. The molecule has 2 heterocycles. The van der Waals surface area contributed by atoms with E-state index in [0.29, 0.717) is 6.54 Å². The third-order valence-electron chi connectivity index (χ3n) is 5.36. The predicted molar refractivity (Wildman–Crippen MR) is 119 cm³/mol. The van der Waals surface area contributed by atoms with E-state index in [2.05, 4.69) is 27.4 Å². The molecule has 0 radical (unpaired) electrons. The lowest BCUT2D eigenvalue weighted by molar-refractivity contribution is -0.113. The van der Waals surface area contributed by atoms with E-state index in [4.69, 9.17) is 0 Å². The van der Waals surface area contributed by atoms with Gasteiger partial charge in [-0.3, -0.25) is 9.69 Å². The minimum absolute atomic E-state index is 0.0263. The van der Waals surface area contributed by atoms with Gasteiger partial charge in [-0.15, -0.1) is 0 Å². The molecule has 1 unspecified atom stereocenters. The maximum absolute atomic E-state index is 13.0. The summed E-state index contributed by atoms with van der Waals surface area (Å²) in [7, 11) is 0. The number of amides is 1. The molecule has 30 heavy (non-hydrogen) atoms. The summed E-state index contributed by atoms with van der Waals surface area (Å²) in [5, 5.41) is 3.46. The van der Waals surface area contributed by atoms with Gasteiger partial charge in [0.25, 0.3) is 5.91 Å². The van der Waals surface area contributed by atoms with Crippen molar-refractivity contribution < 1.29 is 4.79 Å². The largest absolute Gasteiger partial charge is 0.379 e. The number of fused-ring (bicyclic) bond motifs is 1. The SMILES string of the molecule is Cc1cccc(N2C(=O)C=C(NCc3nc4ccccc4[nH]3)C2c2ccccc2)c1. The standard InChI is InChI=1S/C25H22N4O/c1-17-8-7-11-19(14-17)29-24(30)15-22(25(29)18-9-3-2-4-10-18)26-16-23-27-20-12-5-6-13-21(20)28-23/h2-15,25-26H,16H2,1H3,(H,27,28). The first-order valence-corrected chi connectivity index (χ1v) is 10.0. The minimum atomic E-state index is -0.204. The quantitative estimate of drug-likeness (QED) is 0.519. The molecule has 1 aliphatic heterocycles. The van der Waals surface area contributed by atoms with Crippen molar-refractivity contribution in [3.05, 3.63) is 108 Å². The lowest BCUT2D eigenvalue weighted by atomic mass is 10.0. The molecule has 148 valence electrons. The molecule has 4 aromatic rings. The zero-order valence-electron chi connectivity index (χ0n) is 16.7. The molecule has 2 N–H and O–H groups in total. The average Bonchev–Trinajstić information content (AvgIpc) is 3.33. The van der Waals surface area contributed by atoms with Gasteiger partial charge in [0.15, 0.2) is 0 Å². The lowest BCUT2D eigenvalue weighted by Crippen LogP contribution is -2.31. The first kappa shape index (κ1) is 18.2. The van der Waals surface area contributed by atoms with Crippen LogP contribution >= 0.6 is 0 Å². The van der Waals surface area contributed by atoms with E-state index in [1.807, 2.05) is 78.6 Å². The smallest absolute Gasteiger partial charge is 0.253 e. The Kier molecular flexibility index (Phi) is 4.56. The van der Waals surface area contributed by atoms with Crippen molar-refractivity contribution in [2.75, 3.05) is 4.90 Å². The fourth-order valence-electron chi connectivity index (χ4n) is 3.99. The number of rotatable bonds is 5. The Morgan fingerprint density at radius 1 is 1.00 bits per heavy atom. The van der Waals surface area contributed by atoms with Gasteiger partial charge in [-0.05, 0) is 42.3 Å². The van der Waals surface area contributed by atoms with Gasteiger partial charge in [0, 0.05) is 17.5 Å². The van der Waals surface area contributed by atoms with Gasteiger partial charge >= 0.3 is 0 Å². The number of H-pyrrole nitrogens is 1. The minimum Gasteiger partial charge on any atom is -0.379 e. The van der Waals surface area contributed by atoms with Crippen LogP contribution in [-0.4, -0.2) is 15.9 Å². The van der Waals surface area contributed by atoms with Gasteiger partial charge in [-0.2, -0.15) is 0 Å². The monoisotopic (exact) mass is 394 g/mol. The highest BCUT2D eigenvalue weighted by atomic mass is 16.2. The summed E-state index contributed by atoms with van der Waals surface area (Å²) < 4.78 is 0. The molecule has 5 rings (SSSR count). The second kappa shape index (κ2) is 7.52. The number of aryl methyl sites for hydroxylation is 1. The van der Waals surface area contributed by atoms with E-state index in [1.54, 1.807) is 6.08 Å². The number of aromatic nitrogens is 2. The van der Waals surface area contributed by atoms with Gasteiger partial charge in [0.1, 0.15) is 11.9 Å². The highest BCUT2D eigenvalue weighted by Crippen LogP contribution is 2.37. The Morgan fingerprint density at radius 2 is 1.80 bits per heavy atom. The van der Waals surface area contributed by atoms with Crippen molar-refractivity contribution in [2.24, 2.45) is 0 Å². The average molecular weight is 394 g/mol. The molecule has 0 bridgehead atoms. The van der Waals surface area contributed by atoms with Crippen molar-refractivity contribution in [1.82, 2.24) is 15.3 Å². The van der Waals surface area contributed by atoms with Crippen LogP contribution in [0.4, 0.5) is 5.69 Å². The molecule has 0 saturated carbocycles. The fraction of sp³-hybridized carbons (Fsp3) is 0.120. The summed E-state index contributed by atoms with van der Waals surface area (Å²) in [5.41, 5.74) is 5.89. The molecular formula is C25H22N4O. The Morgan fingerprint density at radius 3 is 2.60 bits per heavy atom. The van der Waals surface area contributed by atoms with Crippen molar-refractivity contribution >= 4 is 22.6 Å². The first-order valence-electron chi connectivity index (χ1n) is 10.0. The van der Waals surface area contributed by atoms with E-state index < -0.39 is 0 Å². The molecule has 1 aromatic heterocycles. The predicted octanol–water partition coefficient (Wildman–Crippen LogP) is 4.63. The molecule has 0 fully saturated rings. The van der Waals surface area contributed by atoms with E-state index in [-0.39, 0.29) is 11.9 Å². The van der Waals surface area contributed by atoms with Gasteiger partial charge < -0.3 is 10.3 Å². The van der Waals surface area contributed by atoms with Crippen molar-refractivity contribution in [2.45, 2.75) is 19.5 Å². The molecule has 1 atom stereocenters. The van der Waals surface area contributed by atoms with Crippen LogP contribution in [0.1, 0.15) is 23.0 Å². The van der Waals surface area contributed by atoms with Crippen LogP contribution in [0, 0.1) is 6.92 Å². The first-order chi connectivity index (χ1) is 14.7. The summed E-state index contributed by atoms with van der Waals surface area (Å²) in [6, 6.07) is 25.9. The lowest BCUT2D eigenvalue weighted by Gasteiger charge is -2.28. The maximum atomic E-state index is 13.0. The third kappa shape index (κ3) is 3.35. The van der Waals surface area contributed by atoms with Crippen LogP contribution in [0.5, 0.6) is 0 Å². The number of hydrogen-bond donors (Lipinski definition) is 2. The van der Waals surface area contributed by atoms with Crippen LogP contribution in [-0.2, 0) is 11.3 Å². The number of aromatic amines is 1. The highest BCUT2D eigenvalue weighted by molar-refractivity contribution is 6.06. The van der Waals surface area contributed by atoms with E-state index >= 15 is 0 Å². The second-order valence-electron chi connectivity index (χ2n) is 7.51. The number of carbonyl (C=O) groups excluding carboxylic acids is 1. The van der Waals surface area contributed by atoms with Crippen molar-refractivity contribution in [1.29, 1.82) is 0 Å². The molecule has 0 spiro atoms. The molecular weight excluding hydrogens is 372 g/mol. The van der Waals surface area contributed by atoms with E-state index in [9.17, 15) is 4.79 Å². The van der Waals surface area contributed by atoms with Gasteiger partial charge in [-0.25, -0.2) is 4.98 Å². The number of benzene rings is 3. The van der Waals surface area contributed by atoms with Crippen LogP contribution in [0.15, 0.2) is 90.6 Å². The van der Waals surface area contributed by atoms with E-state index in [1.165, 1.54) is 0 Å². The van der Waals surface area contributed by atoms with Gasteiger partial charge in [0.05, 0.1) is 17.6 Å². The van der Waals surface area contributed by atoms with E-state index in [0.717, 1.165) is 39.4 Å².